The van der Waals surface area contributed by atoms with Crippen LogP contribution < -0.4 is 0 Å². The van der Waals surface area contributed by atoms with Gasteiger partial charge in [-0.05, 0) is 37.2 Å². The van der Waals surface area contributed by atoms with E-state index < -0.39 is 0 Å². The molecule has 1 heterocycles. The molecule has 0 atom stereocenters. The summed E-state index contributed by atoms with van der Waals surface area (Å²) in [4.78, 5) is 4.91. The molecule has 100 valence electrons. The molecule has 1 aromatic carbocycles. The lowest BCUT2D eigenvalue weighted by Crippen LogP contribution is -2.31. The smallest absolute Gasteiger partial charge is 0.115 e. The minimum Gasteiger partial charge on any atom is -0.508 e. The molecule has 0 bridgehead atoms. The summed E-state index contributed by atoms with van der Waals surface area (Å²) in [6, 6.07) is 7.51. The first kappa shape index (κ1) is 13.7. The van der Waals surface area contributed by atoms with Crippen molar-refractivity contribution in [2.45, 2.75) is 13.0 Å². The number of hydrogen-bond acceptors (Lipinski definition) is 3. The van der Waals surface area contributed by atoms with Crippen LogP contribution in [0.25, 0.3) is 0 Å². The van der Waals surface area contributed by atoms with Crippen molar-refractivity contribution in [3.8, 4) is 5.75 Å². The molecule has 18 heavy (non-hydrogen) atoms. The molecule has 0 unspecified atom stereocenters. The standard InChI is InChI=1S/C14H21ClN2O/c15-6-9-16-7-1-8-17(11-10-16)12-13-2-4-14(18)5-3-13/h2-5,18H,1,6-12H2. The largest absolute Gasteiger partial charge is 0.508 e. The average Bonchev–Trinajstić information content (AvgIpc) is 2.59. The molecule has 0 aliphatic carbocycles. The van der Waals surface area contributed by atoms with Gasteiger partial charge in [0.2, 0.25) is 0 Å². The van der Waals surface area contributed by atoms with Crippen molar-refractivity contribution in [1.29, 1.82) is 0 Å². The van der Waals surface area contributed by atoms with Crippen LogP contribution in [0.15, 0.2) is 24.3 Å². The highest BCUT2D eigenvalue weighted by molar-refractivity contribution is 6.18. The van der Waals surface area contributed by atoms with Crippen LogP contribution in [0.5, 0.6) is 5.75 Å². The summed E-state index contributed by atoms with van der Waals surface area (Å²) in [5.74, 6) is 1.06. The van der Waals surface area contributed by atoms with E-state index in [2.05, 4.69) is 9.80 Å². The van der Waals surface area contributed by atoms with Crippen LogP contribution in [0.4, 0.5) is 0 Å². The predicted molar refractivity (Wildman–Crippen MR) is 75.2 cm³/mol. The fraction of sp³-hybridized carbons (Fsp3) is 0.571. The molecular formula is C14H21ClN2O. The van der Waals surface area contributed by atoms with E-state index in [1.165, 1.54) is 12.0 Å². The molecule has 0 radical (unpaired) electrons. The fourth-order valence-electron chi connectivity index (χ4n) is 2.39. The molecule has 2 rings (SSSR count). The van der Waals surface area contributed by atoms with E-state index in [0.717, 1.165) is 45.1 Å². The highest BCUT2D eigenvalue weighted by Gasteiger charge is 2.14. The number of phenols is 1. The van der Waals surface area contributed by atoms with Crippen molar-refractivity contribution in [1.82, 2.24) is 9.80 Å². The van der Waals surface area contributed by atoms with Crippen LogP contribution in [0.1, 0.15) is 12.0 Å². The van der Waals surface area contributed by atoms with E-state index in [4.69, 9.17) is 11.6 Å². The lowest BCUT2D eigenvalue weighted by molar-refractivity contribution is 0.258. The molecule has 1 aliphatic rings. The fourth-order valence-corrected chi connectivity index (χ4v) is 2.62. The van der Waals surface area contributed by atoms with Crippen LogP contribution in [0.3, 0.4) is 0 Å². The molecule has 0 aromatic heterocycles. The minimum atomic E-state index is 0.336. The maximum Gasteiger partial charge on any atom is 0.115 e. The van der Waals surface area contributed by atoms with E-state index in [1.54, 1.807) is 12.1 Å². The highest BCUT2D eigenvalue weighted by Crippen LogP contribution is 2.13. The summed E-state index contributed by atoms with van der Waals surface area (Å²) in [5.41, 5.74) is 1.26. The Hall–Kier alpha value is -0.770. The number of rotatable bonds is 4. The Morgan fingerprint density at radius 2 is 1.67 bits per heavy atom. The third-order valence-electron chi connectivity index (χ3n) is 3.42. The van der Waals surface area contributed by atoms with Gasteiger partial charge in [0.05, 0.1) is 0 Å². The van der Waals surface area contributed by atoms with Gasteiger partial charge in [-0.3, -0.25) is 4.90 Å². The van der Waals surface area contributed by atoms with Crippen molar-refractivity contribution >= 4 is 11.6 Å². The molecule has 0 spiro atoms. The van der Waals surface area contributed by atoms with Gasteiger partial charge in [-0.25, -0.2) is 0 Å². The second-order valence-corrected chi connectivity index (χ2v) is 5.20. The van der Waals surface area contributed by atoms with Crippen molar-refractivity contribution < 1.29 is 5.11 Å². The zero-order valence-corrected chi connectivity index (χ0v) is 11.4. The van der Waals surface area contributed by atoms with Gasteiger partial charge in [-0.1, -0.05) is 12.1 Å². The molecule has 1 fully saturated rings. The third-order valence-corrected chi connectivity index (χ3v) is 3.59. The normalized spacial score (nSPS) is 18.7. The SMILES string of the molecule is Oc1ccc(CN2CCCN(CCCl)CC2)cc1. The van der Waals surface area contributed by atoms with Crippen molar-refractivity contribution in [2.75, 3.05) is 38.6 Å². The molecule has 1 saturated heterocycles. The Labute approximate surface area is 114 Å². The van der Waals surface area contributed by atoms with Gasteiger partial charge in [0.25, 0.3) is 0 Å². The maximum atomic E-state index is 9.27. The van der Waals surface area contributed by atoms with Gasteiger partial charge in [0, 0.05) is 32.1 Å². The topological polar surface area (TPSA) is 26.7 Å². The van der Waals surface area contributed by atoms with E-state index in [9.17, 15) is 5.11 Å². The molecule has 3 nitrogen and oxygen atoms in total. The van der Waals surface area contributed by atoms with Crippen LogP contribution in [0.2, 0.25) is 0 Å². The quantitative estimate of drug-likeness (QED) is 0.848. The van der Waals surface area contributed by atoms with E-state index >= 15 is 0 Å². The van der Waals surface area contributed by atoms with Gasteiger partial charge in [-0.15, -0.1) is 11.6 Å². The summed E-state index contributed by atoms with van der Waals surface area (Å²) < 4.78 is 0. The van der Waals surface area contributed by atoms with Gasteiger partial charge in [-0.2, -0.15) is 0 Å². The minimum absolute atomic E-state index is 0.336. The first-order chi connectivity index (χ1) is 8.78. The van der Waals surface area contributed by atoms with Crippen LogP contribution in [-0.4, -0.2) is 53.5 Å². The van der Waals surface area contributed by atoms with Crippen molar-refractivity contribution in [2.24, 2.45) is 0 Å². The summed E-state index contributed by atoms with van der Waals surface area (Å²) in [7, 11) is 0. The Morgan fingerprint density at radius 1 is 1.00 bits per heavy atom. The van der Waals surface area contributed by atoms with Gasteiger partial charge >= 0.3 is 0 Å². The number of halogens is 1. The van der Waals surface area contributed by atoms with Crippen LogP contribution >= 0.6 is 11.6 Å². The molecule has 0 saturated carbocycles. The van der Waals surface area contributed by atoms with Gasteiger partial charge in [0.15, 0.2) is 0 Å². The molecule has 1 aromatic rings. The molecule has 1 aliphatic heterocycles. The van der Waals surface area contributed by atoms with Gasteiger partial charge in [0.1, 0.15) is 5.75 Å². The molecular weight excluding hydrogens is 248 g/mol. The monoisotopic (exact) mass is 268 g/mol. The summed E-state index contributed by atoms with van der Waals surface area (Å²) in [6.07, 6.45) is 1.20. The van der Waals surface area contributed by atoms with E-state index in [-0.39, 0.29) is 0 Å². The van der Waals surface area contributed by atoms with Crippen LogP contribution in [-0.2, 0) is 6.54 Å². The number of phenolic OH excluding ortho intramolecular Hbond substituents is 1. The Morgan fingerprint density at radius 3 is 2.39 bits per heavy atom. The number of nitrogens with zero attached hydrogens (tertiary/aromatic N) is 2. The Balaban J connectivity index is 1.84. The van der Waals surface area contributed by atoms with Gasteiger partial charge < -0.3 is 10.0 Å². The highest BCUT2D eigenvalue weighted by atomic mass is 35.5. The summed E-state index contributed by atoms with van der Waals surface area (Å²) >= 11 is 5.79. The average molecular weight is 269 g/mol. The Kier molecular flexibility index (Phi) is 5.29. The van der Waals surface area contributed by atoms with E-state index in [0.29, 0.717) is 5.75 Å². The first-order valence-electron chi connectivity index (χ1n) is 6.56. The van der Waals surface area contributed by atoms with Crippen molar-refractivity contribution in [3.05, 3.63) is 29.8 Å². The summed E-state index contributed by atoms with van der Waals surface area (Å²) in [6.45, 7) is 6.45. The van der Waals surface area contributed by atoms with E-state index in [1.807, 2.05) is 12.1 Å². The number of benzene rings is 1. The summed E-state index contributed by atoms with van der Waals surface area (Å²) in [5, 5.41) is 9.27. The number of hydrogen-bond donors (Lipinski definition) is 1. The number of aromatic hydroxyl groups is 1. The van der Waals surface area contributed by atoms with Crippen molar-refractivity contribution in [3.63, 3.8) is 0 Å². The lowest BCUT2D eigenvalue weighted by Gasteiger charge is -2.21. The zero-order valence-electron chi connectivity index (χ0n) is 10.7. The molecule has 4 heteroatoms. The third kappa shape index (κ3) is 4.16. The number of alkyl halides is 1. The van der Waals surface area contributed by atoms with Crippen LogP contribution in [0, 0.1) is 0 Å². The predicted octanol–water partition coefficient (Wildman–Crippen LogP) is 2.14. The lowest BCUT2D eigenvalue weighted by atomic mass is 10.2. The zero-order chi connectivity index (χ0) is 12.8. The second-order valence-electron chi connectivity index (χ2n) is 4.83. The first-order valence-corrected chi connectivity index (χ1v) is 7.10. The molecule has 1 N–H and O–H groups in total. The maximum absolute atomic E-state index is 9.27. The molecule has 0 amide bonds. The second kappa shape index (κ2) is 6.98. The Bertz CT molecular complexity index is 355.